The predicted molar refractivity (Wildman–Crippen MR) is 112 cm³/mol. The summed E-state index contributed by atoms with van der Waals surface area (Å²) in [5, 5.41) is 4.31. The number of pyridine rings is 1. The second-order valence-corrected chi connectivity index (χ2v) is 8.30. The smallest absolute Gasteiger partial charge is 0.129 e. The zero-order valence-electron chi connectivity index (χ0n) is 16.5. The van der Waals surface area contributed by atoms with Gasteiger partial charge in [-0.05, 0) is 42.2 Å². The maximum Gasteiger partial charge on any atom is 0.129 e. The van der Waals surface area contributed by atoms with Crippen molar-refractivity contribution in [2.45, 2.75) is 25.0 Å². The van der Waals surface area contributed by atoms with Crippen LogP contribution >= 0.6 is 0 Å². The summed E-state index contributed by atoms with van der Waals surface area (Å²) in [6.07, 6.45) is 8.19. The first-order valence-electron chi connectivity index (χ1n) is 10.2. The number of aromatic nitrogens is 3. The molecule has 1 aromatic carbocycles. The van der Waals surface area contributed by atoms with Crippen molar-refractivity contribution in [3.63, 3.8) is 0 Å². The largest absolute Gasteiger partial charge is 0.371 e. The van der Waals surface area contributed by atoms with E-state index >= 15 is 0 Å². The summed E-state index contributed by atoms with van der Waals surface area (Å²) >= 11 is 0. The maximum atomic E-state index is 5.96. The van der Waals surface area contributed by atoms with E-state index in [2.05, 4.69) is 45.3 Å². The average Bonchev–Trinajstić information content (AvgIpc) is 3.15. The minimum Gasteiger partial charge on any atom is -0.371 e. The molecule has 0 unspecified atom stereocenters. The number of anilines is 1. The molecular weight excluding hydrogens is 362 g/mol. The Labute approximate surface area is 169 Å². The zero-order chi connectivity index (χ0) is 19.4. The van der Waals surface area contributed by atoms with Gasteiger partial charge >= 0.3 is 0 Å². The number of benzene rings is 1. The van der Waals surface area contributed by atoms with Gasteiger partial charge in [0.15, 0.2) is 0 Å². The van der Waals surface area contributed by atoms with Crippen LogP contribution in [-0.2, 0) is 18.3 Å². The molecule has 146 valence electrons. The van der Waals surface area contributed by atoms with Gasteiger partial charge in [0, 0.05) is 49.2 Å². The second-order valence-electron chi connectivity index (χ2n) is 8.30. The number of morpholine rings is 1. The van der Waals surface area contributed by atoms with Gasteiger partial charge in [-0.3, -0.25) is 9.67 Å². The lowest BCUT2D eigenvalue weighted by molar-refractivity contribution is 0.0204. The minimum atomic E-state index is 0.0893. The van der Waals surface area contributed by atoms with Crippen molar-refractivity contribution in [3.05, 3.63) is 65.6 Å². The van der Waals surface area contributed by atoms with Crippen LogP contribution in [-0.4, -0.2) is 45.8 Å². The molecule has 1 saturated carbocycles. The highest BCUT2D eigenvalue weighted by atomic mass is 16.5. The maximum absolute atomic E-state index is 5.96. The molecule has 3 aliphatic rings. The average molecular weight is 385 g/mol. The lowest BCUT2D eigenvalue weighted by atomic mass is 9.96. The summed E-state index contributed by atoms with van der Waals surface area (Å²) in [5.41, 5.74) is 7.06. The van der Waals surface area contributed by atoms with Crippen molar-refractivity contribution < 1.29 is 4.74 Å². The highest BCUT2D eigenvalue weighted by molar-refractivity contribution is 6.15. The Morgan fingerprint density at radius 2 is 2.00 bits per heavy atom. The van der Waals surface area contributed by atoms with Crippen LogP contribution in [0.25, 0.3) is 11.1 Å². The Morgan fingerprint density at radius 3 is 2.83 bits per heavy atom. The first kappa shape index (κ1) is 16.9. The van der Waals surface area contributed by atoms with Gasteiger partial charge in [-0.2, -0.15) is 5.10 Å². The number of rotatable bonds is 3. The van der Waals surface area contributed by atoms with Gasteiger partial charge in [-0.25, -0.2) is 4.98 Å². The summed E-state index contributed by atoms with van der Waals surface area (Å²) in [4.78, 5) is 11.9. The van der Waals surface area contributed by atoms with E-state index in [0.29, 0.717) is 0 Å². The SMILES string of the molecule is Cn1cc(-c2ccc3c(c2)C(c2ccnc(N4CCOC5(CC5)C4)c2)=NC3)cn1. The molecule has 29 heavy (non-hydrogen) atoms. The molecule has 6 rings (SSSR count). The van der Waals surface area contributed by atoms with Gasteiger partial charge in [0.1, 0.15) is 5.82 Å². The van der Waals surface area contributed by atoms with E-state index in [1.165, 1.54) is 29.5 Å². The van der Waals surface area contributed by atoms with Crippen LogP contribution in [0.3, 0.4) is 0 Å². The van der Waals surface area contributed by atoms with Crippen LogP contribution in [0, 0.1) is 0 Å². The molecule has 3 aromatic rings. The van der Waals surface area contributed by atoms with Gasteiger partial charge in [-0.15, -0.1) is 0 Å². The molecule has 1 aliphatic carbocycles. The summed E-state index contributed by atoms with van der Waals surface area (Å²) < 4.78 is 7.80. The van der Waals surface area contributed by atoms with Crippen LogP contribution in [0.2, 0.25) is 0 Å². The first-order chi connectivity index (χ1) is 14.2. The van der Waals surface area contributed by atoms with Crippen LogP contribution < -0.4 is 4.90 Å². The Hall–Kier alpha value is -2.99. The molecule has 0 radical (unpaired) electrons. The van der Waals surface area contributed by atoms with E-state index in [4.69, 9.17) is 9.73 Å². The quantitative estimate of drug-likeness (QED) is 0.695. The van der Waals surface area contributed by atoms with Crippen molar-refractivity contribution >= 4 is 11.5 Å². The van der Waals surface area contributed by atoms with Gasteiger partial charge in [0.05, 0.1) is 30.7 Å². The number of aryl methyl sites for hydroxylation is 1. The number of hydrogen-bond acceptors (Lipinski definition) is 5. The third-order valence-corrected chi connectivity index (χ3v) is 6.21. The number of fused-ring (bicyclic) bond motifs is 1. The van der Waals surface area contributed by atoms with Crippen LogP contribution in [0.4, 0.5) is 5.82 Å². The Morgan fingerprint density at radius 1 is 1.07 bits per heavy atom. The molecule has 1 saturated heterocycles. The molecule has 6 nitrogen and oxygen atoms in total. The van der Waals surface area contributed by atoms with E-state index in [9.17, 15) is 0 Å². The van der Waals surface area contributed by atoms with E-state index in [1.807, 2.05) is 30.3 Å². The van der Waals surface area contributed by atoms with Gasteiger partial charge in [0.25, 0.3) is 0 Å². The number of hydrogen-bond donors (Lipinski definition) is 0. The van der Waals surface area contributed by atoms with Crippen molar-refractivity contribution in [2.75, 3.05) is 24.6 Å². The fourth-order valence-electron chi connectivity index (χ4n) is 4.40. The molecular formula is C23H23N5O. The molecule has 2 aromatic heterocycles. The van der Waals surface area contributed by atoms with Gasteiger partial charge in [0.2, 0.25) is 0 Å². The van der Waals surface area contributed by atoms with Crippen LogP contribution in [0.1, 0.15) is 29.5 Å². The van der Waals surface area contributed by atoms with Crippen LogP contribution in [0.5, 0.6) is 0 Å². The van der Waals surface area contributed by atoms with E-state index < -0.39 is 0 Å². The lowest BCUT2D eigenvalue weighted by Crippen LogP contribution is -2.44. The highest BCUT2D eigenvalue weighted by Crippen LogP contribution is 2.42. The van der Waals surface area contributed by atoms with Crippen molar-refractivity contribution in [1.82, 2.24) is 14.8 Å². The zero-order valence-corrected chi connectivity index (χ0v) is 16.5. The standard InChI is InChI=1S/C23H23N5O/c1-27-14-19(13-26-27)16-2-3-18-12-25-22(20(18)10-16)17-4-7-24-21(11-17)28-8-9-29-23(15-28)5-6-23/h2-4,7,10-11,13-14H,5-6,8-9,12,15H2,1H3. The number of aliphatic imine (C=N–C) groups is 1. The van der Waals surface area contributed by atoms with E-state index in [-0.39, 0.29) is 5.60 Å². The van der Waals surface area contributed by atoms with Crippen molar-refractivity contribution in [3.8, 4) is 11.1 Å². The Balaban J connectivity index is 1.33. The topological polar surface area (TPSA) is 55.5 Å². The van der Waals surface area contributed by atoms with E-state index in [0.717, 1.165) is 48.9 Å². The van der Waals surface area contributed by atoms with Crippen molar-refractivity contribution in [1.29, 1.82) is 0 Å². The van der Waals surface area contributed by atoms with Gasteiger partial charge < -0.3 is 9.64 Å². The van der Waals surface area contributed by atoms with Gasteiger partial charge in [-0.1, -0.05) is 12.1 Å². The molecule has 2 aliphatic heterocycles. The summed E-state index contributed by atoms with van der Waals surface area (Å²) in [7, 11) is 1.94. The summed E-state index contributed by atoms with van der Waals surface area (Å²) in [6, 6.07) is 10.9. The first-order valence-corrected chi connectivity index (χ1v) is 10.2. The summed E-state index contributed by atoms with van der Waals surface area (Å²) in [5.74, 6) is 1.02. The molecule has 6 heteroatoms. The highest BCUT2D eigenvalue weighted by Gasteiger charge is 2.47. The second kappa shape index (κ2) is 6.26. The molecule has 4 heterocycles. The third kappa shape index (κ3) is 2.95. The molecule has 1 spiro atoms. The molecule has 0 N–H and O–H groups in total. The van der Waals surface area contributed by atoms with Crippen molar-refractivity contribution in [2.24, 2.45) is 12.0 Å². The molecule has 0 atom stereocenters. The fraction of sp³-hybridized carbons (Fsp3) is 0.348. The third-order valence-electron chi connectivity index (χ3n) is 6.21. The van der Waals surface area contributed by atoms with Crippen LogP contribution in [0.15, 0.2) is 53.9 Å². The molecule has 0 amide bonds. The minimum absolute atomic E-state index is 0.0893. The summed E-state index contributed by atoms with van der Waals surface area (Å²) in [6.45, 7) is 3.35. The Bertz CT molecular complexity index is 1130. The number of ether oxygens (including phenoxy) is 1. The lowest BCUT2D eigenvalue weighted by Gasteiger charge is -2.34. The normalized spacial score (nSPS) is 19.3. The molecule has 2 fully saturated rings. The monoisotopic (exact) mass is 385 g/mol. The van der Waals surface area contributed by atoms with E-state index in [1.54, 1.807) is 0 Å². The number of nitrogens with zero attached hydrogens (tertiary/aromatic N) is 5. The Kier molecular flexibility index (Phi) is 3.65. The molecule has 0 bridgehead atoms. The fourth-order valence-corrected chi connectivity index (χ4v) is 4.40. The predicted octanol–water partition coefficient (Wildman–Crippen LogP) is 3.20.